The van der Waals surface area contributed by atoms with Crippen molar-refractivity contribution in [3.63, 3.8) is 0 Å². The number of aliphatic imine (C=N–C) groups is 2. The van der Waals surface area contributed by atoms with Crippen molar-refractivity contribution in [1.82, 2.24) is 0 Å². The number of amidine groups is 1. The van der Waals surface area contributed by atoms with Crippen LogP contribution in [0.25, 0.3) is 0 Å². The highest BCUT2D eigenvalue weighted by Gasteiger charge is 2.18. The van der Waals surface area contributed by atoms with Crippen LogP contribution in [0.3, 0.4) is 0 Å². The molecule has 0 bridgehead atoms. The molecule has 0 aliphatic carbocycles. The highest BCUT2D eigenvalue weighted by molar-refractivity contribution is 5.89. The lowest BCUT2D eigenvalue weighted by atomic mass is 10.0. The summed E-state index contributed by atoms with van der Waals surface area (Å²) in [6.45, 7) is 2.23. The Bertz CT molecular complexity index is 176. The van der Waals surface area contributed by atoms with Gasteiger partial charge in [0.2, 0.25) is 0 Å². The predicted molar refractivity (Wildman–Crippen MR) is 40.2 cm³/mol. The fourth-order valence-corrected chi connectivity index (χ4v) is 0.735. The topological polar surface area (TPSA) is 71.0 Å². The summed E-state index contributed by atoms with van der Waals surface area (Å²) in [5, 5.41) is 9.25. The Morgan fingerprint density at radius 2 is 2.50 bits per heavy atom. The van der Waals surface area contributed by atoms with Crippen LogP contribution in [0, 0.1) is 5.92 Å². The number of nitrogens with zero attached hydrogens (tertiary/aromatic N) is 2. The molecule has 4 nitrogen and oxygen atoms in total. The lowest BCUT2D eigenvalue weighted by Gasteiger charge is -2.13. The molecule has 0 spiro atoms. The Morgan fingerprint density at radius 1 is 1.80 bits per heavy atom. The van der Waals surface area contributed by atoms with Gasteiger partial charge in [-0.15, -0.1) is 0 Å². The lowest BCUT2D eigenvalue weighted by molar-refractivity contribution is 0.154. The molecule has 0 aromatic rings. The summed E-state index contributed by atoms with van der Waals surface area (Å²) in [4.78, 5) is 7.61. The number of hydrogen-bond donors (Lipinski definition) is 2. The first-order valence-electron chi connectivity index (χ1n) is 3.21. The van der Waals surface area contributed by atoms with Crippen LogP contribution in [0.15, 0.2) is 9.98 Å². The minimum atomic E-state index is -0.484. The molecule has 0 amide bonds. The van der Waals surface area contributed by atoms with Crippen LogP contribution in [0.4, 0.5) is 0 Å². The molecule has 1 heterocycles. The molecule has 0 radical (unpaired) electrons. The van der Waals surface area contributed by atoms with E-state index in [2.05, 4.69) is 9.98 Å². The minimum Gasteiger partial charge on any atom is -0.390 e. The molecule has 0 fully saturated rings. The minimum absolute atomic E-state index is 0.0810. The maximum atomic E-state index is 9.25. The van der Waals surface area contributed by atoms with Gasteiger partial charge in [-0.1, -0.05) is 6.92 Å². The van der Waals surface area contributed by atoms with Crippen molar-refractivity contribution in [2.45, 2.75) is 13.0 Å². The standard InChI is InChI=1S/C6H11N3O/c1-4-5(10)2-8-3-9-6(4)7/h3-5,10H,2H2,1H3,(H2,7,8,9). The van der Waals surface area contributed by atoms with Gasteiger partial charge in [-0.3, -0.25) is 4.99 Å². The second-order valence-electron chi connectivity index (χ2n) is 2.39. The van der Waals surface area contributed by atoms with Crippen LogP contribution in [-0.4, -0.2) is 29.9 Å². The van der Waals surface area contributed by atoms with Gasteiger partial charge in [-0.25, -0.2) is 4.99 Å². The number of hydrogen-bond acceptors (Lipinski definition) is 4. The number of rotatable bonds is 0. The molecule has 10 heavy (non-hydrogen) atoms. The molecular formula is C6H11N3O. The quantitative estimate of drug-likeness (QED) is 0.472. The summed E-state index contributed by atoms with van der Waals surface area (Å²) >= 11 is 0. The van der Waals surface area contributed by atoms with E-state index in [0.717, 1.165) is 0 Å². The van der Waals surface area contributed by atoms with Gasteiger partial charge in [0.1, 0.15) is 12.2 Å². The maximum absolute atomic E-state index is 9.25. The molecule has 0 aromatic heterocycles. The van der Waals surface area contributed by atoms with Gasteiger partial charge in [-0.05, 0) is 0 Å². The van der Waals surface area contributed by atoms with E-state index in [0.29, 0.717) is 12.4 Å². The second kappa shape index (κ2) is 2.79. The zero-order valence-corrected chi connectivity index (χ0v) is 5.86. The summed E-state index contributed by atoms with van der Waals surface area (Å²) in [5.74, 6) is 0.372. The summed E-state index contributed by atoms with van der Waals surface area (Å²) in [7, 11) is 0. The molecule has 1 aliphatic heterocycles. The van der Waals surface area contributed by atoms with Gasteiger partial charge < -0.3 is 10.8 Å². The molecule has 4 heteroatoms. The molecule has 2 unspecified atom stereocenters. The molecule has 3 N–H and O–H groups in total. The third kappa shape index (κ3) is 1.33. The fourth-order valence-electron chi connectivity index (χ4n) is 0.735. The predicted octanol–water partition coefficient (Wildman–Crippen LogP) is -0.618. The highest BCUT2D eigenvalue weighted by atomic mass is 16.3. The molecular weight excluding hydrogens is 130 g/mol. The lowest BCUT2D eigenvalue weighted by Crippen LogP contribution is -2.32. The first kappa shape index (κ1) is 7.21. The van der Waals surface area contributed by atoms with Crippen LogP contribution >= 0.6 is 0 Å². The van der Waals surface area contributed by atoms with Crippen molar-refractivity contribution in [1.29, 1.82) is 0 Å². The van der Waals surface area contributed by atoms with Crippen molar-refractivity contribution in [3.05, 3.63) is 0 Å². The van der Waals surface area contributed by atoms with E-state index < -0.39 is 6.10 Å². The Morgan fingerprint density at radius 3 is 3.20 bits per heavy atom. The largest absolute Gasteiger partial charge is 0.390 e. The van der Waals surface area contributed by atoms with Crippen LogP contribution in [0.1, 0.15) is 6.92 Å². The molecule has 2 atom stereocenters. The Labute approximate surface area is 59.5 Å². The summed E-state index contributed by atoms with van der Waals surface area (Å²) in [5.41, 5.74) is 5.47. The van der Waals surface area contributed by atoms with Gasteiger partial charge in [-0.2, -0.15) is 0 Å². The van der Waals surface area contributed by atoms with Crippen LogP contribution in [0.5, 0.6) is 0 Å². The van der Waals surface area contributed by atoms with E-state index in [1.54, 1.807) is 0 Å². The Balaban J connectivity index is 2.73. The Hall–Kier alpha value is -0.900. The number of nitrogens with two attached hydrogens (primary N) is 1. The molecule has 0 aromatic carbocycles. The average Bonchev–Trinajstić information content (AvgIpc) is 2.04. The molecule has 0 saturated heterocycles. The molecule has 1 aliphatic rings. The van der Waals surface area contributed by atoms with Gasteiger partial charge in [0.25, 0.3) is 0 Å². The van der Waals surface area contributed by atoms with Crippen molar-refractivity contribution in [3.8, 4) is 0 Å². The zero-order valence-electron chi connectivity index (χ0n) is 5.86. The first-order chi connectivity index (χ1) is 4.72. The fraction of sp³-hybridized carbons (Fsp3) is 0.667. The van der Waals surface area contributed by atoms with Crippen molar-refractivity contribution in [2.24, 2.45) is 21.6 Å². The Kier molecular flexibility index (Phi) is 2.01. The van der Waals surface area contributed by atoms with E-state index in [1.807, 2.05) is 6.92 Å². The summed E-state index contributed by atoms with van der Waals surface area (Å²) in [6, 6.07) is 0. The second-order valence-corrected chi connectivity index (χ2v) is 2.39. The van der Waals surface area contributed by atoms with Crippen molar-refractivity contribution >= 4 is 12.2 Å². The number of aliphatic hydroxyl groups is 1. The van der Waals surface area contributed by atoms with Gasteiger partial charge in [0, 0.05) is 5.92 Å². The van der Waals surface area contributed by atoms with Gasteiger partial charge in [0.05, 0.1) is 12.6 Å². The van der Waals surface area contributed by atoms with E-state index in [-0.39, 0.29) is 5.92 Å². The van der Waals surface area contributed by atoms with E-state index in [1.165, 1.54) is 6.34 Å². The maximum Gasteiger partial charge on any atom is 0.112 e. The third-order valence-electron chi connectivity index (χ3n) is 1.62. The molecule has 56 valence electrons. The normalized spacial score (nSPS) is 33.2. The summed E-state index contributed by atoms with van der Waals surface area (Å²) in [6.07, 6.45) is 0.907. The van der Waals surface area contributed by atoms with E-state index in [4.69, 9.17) is 5.73 Å². The highest BCUT2D eigenvalue weighted by Crippen LogP contribution is 2.05. The summed E-state index contributed by atoms with van der Waals surface area (Å²) < 4.78 is 0. The smallest absolute Gasteiger partial charge is 0.112 e. The SMILES string of the molecule is CC1C(N)=NC=NCC1O. The van der Waals surface area contributed by atoms with Gasteiger partial charge >= 0.3 is 0 Å². The zero-order chi connectivity index (χ0) is 7.56. The molecule has 1 rings (SSSR count). The van der Waals surface area contributed by atoms with Crippen LogP contribution in [-0.2, 0) is 0 Å². The monoisotopic (exact) mass is 141 g/mol. The number of aliphatic hydroxyl groups excluding tert-OH is 1. The van der Waals surface area contributed by atoms with Crippen molar-refractivity contribution in [2.75, 3.05) is 6.54 Å². The first-order valence-corrected chi connectivity index (χ1v) is 3.21. The van der Waals surface area contributed by atoms with Crippen LogP contribution < -0.4 is 5.73 Å². The average molecular weight is 141 g/mol. The van der Waals surface area contributed by atoms with Crippen LogP contribution in [0.2, 0.25) is 0 Å². The third-order valence-corrected chi connectivity index (χ3v) is 1.62. The van der Waals surface area contributed by atoms with E-state index in [9.17, 15) is 5.11 Å². The molecule has 0 saturated carbocycles. The van der Waals surface area contributed by atoms with E-state index >= 15 is 0 Å². The van der Waals surface area contributed by atoms with Gasteiger partial charge in [0.15, 0.2) is 0 Å². The van der Waals surface area contributed by atoms with Crippen molar-refractivity contribution < 1.29 is 5.11 Å².